The number of aliphatic carboxylic acids is 1. The van der Waals surface area contributed by atoms with Gasteiger partial charge < -0.3 is 14.8 Å². The number of carbonyl (C=O) groups excluding carboxylic acids is 1. The van der Waals surface area contributed by atoms with Gasteiger partial charge in [-0.05, 0) is 37.0 Å². The lowest BCUT2D eigenvalue weighted by atomic mass is 9.96. The first-order valence-corrected chi connectivity index (χ1v) is 8.50. The van der Waals surface area contributed by atoms with Crippen molar-refractivity contribution in [1.82, 2.24) is 5.32 Å². The smallest absolute Gasteiger partial charge is 0.311 e. The van der Waals surface area contributed by atoms with E-state index < -0.39 is 5.97 Å². The second kappa shape index (κ2) is 8.21. The summed E-state index contributed by atoms with van der Waals surface area (Å²) in [6.45, 7) is 5.88. The molecule has 1 unspecified atom stereocenters. The normalized spacial score (nSPS) is 12.2. The molecule has 5 nitrogen and oxygen atoms in total. The van der Waals surface area contributed by atoms with E-state index in [-0.39, 0.29) is 24.1 Å². The Morgan fingerprint density at radius 3 is 2.44 bits per heavy atom. The lowest BCUT2D eigenvalue weighted by Gasteiger charge is -2.21. The molecule has 1 aromatic heterocycles. The minimum atomic E-state index is -1.04. The van der Waals surface area contributed by atoms with Crippen molar-refractivity contribution in [3.05, 3.63) is 58.0 Å². The van der Waals surface area contributed by atoms with Crippen molar-refractivity contribution in [2.75, 3.05) is 0 Å². The number of carboxylic acids is 1. The van der Waals surface area contributed by atoms with Crippen LogP contribution in [0.25, 0.3) is 0 Å². The predicted molar refractivity (Wildman–Crippen MR) is 95.9 cm³/mol. The number of aryl methyl sites for hydroxylation is 1. The lowest BCUT2D eigenvalue weighted by Crippen LogP contribution is -2.30. The van der Waals surface area contributed by atoms with Crippen LogP contribution >= 0.6 is 11.6 Å². The van der Waals surface area contributed by atoms with Gasteiger partial charge in [0.1, 0.15) is 12.2 Å². The third kappa shape index (κ3) is 5.10. The highest BCUT2D eigenvalue weighted by molar-refractivity contribution is 6.30. The van der Waals surface area contributed by atoms with E-state index in [1.54, 1.807) is 19.1 Å². The van der Waals surface area contributed by atoms with Gasteiger partial charge in [-0.2, -0.15) is 0 Å². The maximum Gasteiger partial charge on any atom is 0.311 e. The van der Waals surface area contributed by atoms with E-state index in [0.717, 1.165) is 12.0 Å². The van der Waals surface area contributed by atoms with Crippen LogP contribution in [0.15, 0.2) is 34.9 Å². The van der Waals surface area contributed by atoms with Crippen LogP contribution in [-0.2, 0) is 11.2 Å². The van der Waals surface area contributed by atoms with Crippen molar-refractivity contribution in [3.8, 4) is 0 Å². The Kier molecular flexibility index (Phi) is 6.26. The molecule has 0 bridgehead atoms. The Morgan fingerprint density at radius 1 is 1.24 bits per heavy atom. The SMILES string of the molecule is Cc1coc(CC(=O)O)c1C(=O)NC(CC(C)C)c1ccc(Cl)cc1. The fraction of sp³-hybridized carbons (Fsp3) is 0.368. The monoisotopic (exact) mass is 363 g/mol. The topological polar surface area (TPSA) is 79.5 Å². The highest BCUT2D eigenvalue weighted by Crippen LogP contribution is 2.25. The van der Waals surface area contributed by atoms with Crippen LogP contribution in [0, 0.1) is 12.8 Å². The third-order valence-electron chi connectivity index (χ3n) is 3.87. The number of carbonyl (C=O) groups is 2. The molecule has 1 atom stereocenters. The number of hydrogen-bond donors (Lipinski definition) is 2. The largest absolute Gasteiger partial charge is 0.481 e. The van der Waals surface area contributed by atoms with Gasteiger partial charge in [-0.3, -0.25) is 9.59 Å². The van der Waals surface area contributed by atoms with Crippen LogP contribution in [0.5, 0.6) is 0 Å². The van der Waals surface area contributed by atoms with Crippen molar-refractivity contribution in [2.24, 2.45) is 5.92 Å². The maximum atomic E-state index is 12.8. The van der Waals surface area contributed by atoms with Crippen molar-refractivity contribution in [2.45, 2.75) is 39.7 Å². The molecule has 2 aromatic rings. The zero-order valence-electron chi connectivity index (χ0n) is 14.5. The van der Waals surface area contributed by atoms with Gasteiger partial charge in [0.15, 0.2) is 0 Å². The summed E-state index contributed by atoms with van der Waals surface area (Å²) >= 11 is 5.94. The van der Waals surface area contributed by atoms with Crippen molar-refractivity contribution >= 4 is 23.5 Å². The van der Waals surface area contributed by atoms with Gasteiger partial charge in [0.05, 0.1) is 17.9 Å². The number of amides is 1. The second-order valence-electron chi connectivity index (χ2n) is 6.49. The quantitative estimate of drug-likeness (QED) is 0.764. The van der Waals surface area contributed by atoms with Gasteiger partial charge in [-0.15, -0.1) is 0 Å². The van der Waals surface area contributed by atoms with E-state index in [9.17, 15) is 9.59 Å². The number of hydrogen-bond acceptors (Lipinski definition) is 3. The molecular formula is C19H22ClNO4. The van der Waals surface area contributed by atoms with Gasteiger partial charge in [0, 0.05) is 10.6 Å². The van der Waals surface area contributed by atoms with Crippen LogP contribution in [0.1, 0.15) is 53.6 Å². The molecule has 0 radical (unpaired) electrons. The Balaban J connectivity index is 2.26. The fourth-order valence-corrected chi connectivity index (χ4v) is 2.87. The van der Waals surface area contributed by atoms with E-state index in [4.69, 9.17) is 21.1 Å². The molecule has 2 rings (SSSR count). The fourth-order valence-electron chi connectivity index (χ4n) is 2.75. The molecular weight excluding hydrogens is 342 g/mol. The van der Waals surface area contributed by atoms with E-state index in [1.807, 2.05) is 12.1 Å². The molecule has 2 N–H and O–H groups in total. The van der Waals surface area contributed by atoms with Gasteiger partial charge in [-0.1, -0.05) is 37.6 Å². The van der Waals surface area contributed by atoms with Gasteiger partial charge in [0.2, 0.25) is 0 Å². The summed E-state index contributed by atoms with van der Waals surface area (Å²) < 4.78 is 5.25. The number of furan rings is 1. The number of carboxylic acid groups (broad SMARTS) is 1. The number of nitrogens with one attached hydrogen (secondary N) is 1. The van der Waals surface area contributed by atoms with Gasteiger partial charge >= 0.3 is 5.97 Å². The Hall–Kier alpha value is -2.27. The van der Waals surface area contributed by atoms with Crippen LogP contribution in [0.2, 0.25) is 5.02 Å². The third-order valence-corrected chi connectivity index (χ3v) is 4.13. The van der Waals surface area contributed by atoms with Gasteiger partial charge in [0.25, 0.3) is 5.91 Å². The highest BCUT2D eigenvalue weighted by atomic mass is 35.5. The minimum Gasteiger partial charge on any atom is -0.481 e. The molecule has 0 spiro atoms. The summed E-state index contributed by atoms with van der Waals surface area (Å²) in [6.07, 6.45) is 1.83. The summed E-state index contributed by atoms with van der Waals surface area (Å²) in [5, 5.41) is 12.6. The van der Waals surface area contributed by atoms with E-state index in [0.29, 0.717) is 22.1 Å². The molecule has 1 heterocycles. The Morgan fingerprint density at radius 2 is 1.88 bits per heavy atom. The molecule has 25 heavy (non-hydrogen) atoms. The van der Waals surface area contributed by atoms with Crippen LogP contribution in [-0.4, -0.2) is 17.0 Å². The van der Waals surface area contributed by atoms with Crippen molar-refractivity contribution in [1.29, 1.82) is 0 Å². The second-order valence-corrected chi connectivity index (χ2v) is 6.93. The molecule has 0 aliphatic carbocycles. The summed E-state index contributed by atoms with van der Waals surface area (Å²) in [6, 6.07) is 7.15. The first-order valence-electron chi connectivity index (χ1n) is 8.13. The molecule has 0 fully saturated rings. The molecule has 1 aromatic carbocycles. The Bertz CT molecular complexity index is 749. The number of benzene rings is 1. The predicted octanol–water partition coefficient (Wildman–Crippen LogP) is 4.39. The average molecular weight is 364 g/mol. The summed E-state index contributed by atoms with van der Waals surface area (Å²) in [7, 11) is 0. The minimum absolute atomic E-state index is 0.168. The van der Waals surface area contributed by atoms with E-state index in [2.05, 4.69) is 19.2 Å². The first kappa shape index (κ1) is 19.1. The van der Waals surface area contributed by atoms with E-state index >= 15 is 0 Å². The molecule has 6 heteroatoms. The van der Waals surface area contributed by atoms with Crippen LogP contribution in [0.3, 0.4) is 0 Å². The molecule has 0 aliphatic rings. The zero-order valence-corrected chi connectivity index (χ0v) is 15.3. The van der Waals surface area contributed by atoms with Crippen LogP contribution < -0.4 is 5.32 Å². The van der Waals surface area contributed by atoms with Crippen molar-refractivity contribution in [3.63, 3.8) is 0 Å². The summed E-state index contributed by atoms with van der Waals surface area (Å²) in [5.41, 5.74) is 1.87. The number of rotatable bonds is 7. The molecule has 0 aliphatic heterocycles. The number of halogens is 1. The standard InChI is InChI=1S/C19H22ClNO4/c1-11(2)8-15(13-4-6-14(20)7-5-13)21-19(24)18-12(3)10-25-16(18)9-17(22)23/h4-7,10-11,15H,8-9H2,1-3H3,(H,21,24)(H,22,23). The molecule has 0 saturated carbocycles. The maximum absolute atomic E-state index is 12.8. The summed E-state index contributed by atoms with van der Waals surface area (Å²) in [4.78, 5) is 23.7. The average Bonchev–Trinajstić information content (AvgIpc) is 2.86. The lowest BCUT2D eigenvalue weighted by molar-refractivity contribution is -0.136. The van der Waals surface area contributed by atoms with E-state index in [1.165, 1.54) is 6.26 Å². The van der Waals surface area contributed by atoms with Gasteiger partial charge in [-0.25, -0.2) is 0 Å². The highest BCUT2D eigenvalue weighted by Gasteiger charge is 2.24. The van der Waals surface area contributed by atoms with Crippen LogP contribution in [0.4, 0.5) is 0 Å². The summed E-state index contributed by atoms with van der Waals surface area (Å²) in [5.74, 6) is -0.838. The molecule has 1 amide bonds. The van der Waals surface area contributed by atoms with Crippen molar-refractivity contribution < 1.29 is 19.1 Å². The molecule has 134 valence electrons. The molecule has 0 saturated heterocycles. The zero-order chi connectivity index (χ0) is 18.6. The Labute approximate surface area is 152 Å². The first-order chi connectivity index (χ1) is 11.8.